The summed E-state index contributed by atoms with van der Waals surface area (Å²) in [5.74, 6) is 0. The van der Waals surface area contributed by atoms with E-state index in [2.05, 4.69) is 46.2 Å². The van der Waals surface area contributed by atoms with Crippen LogP contribution >= 0.6 is 35.0 Å². The van der Waals surface area contributed by atoms with Crippen LogP contribution in [-0.2, 0) is 0 Å². The fourth-order valence-electron chi connectivity index (χ4n) is 1.97. The third kappa shape index (κ3) is 3.64. The second-order valence-electron chi connectivity index (χ2n) is 4.53. The predicted molar refractivity (Wildman–Crippen MR) is 99.1 cm³/mol. The van der Waals surface area contributed by atoms with E-state index < -0.39 is 0 Å². The highest BCUT2D eigenvalue weighted by molar-refractivity contribution is 7.98. The Morgan fingerprint density at radius 1 is 1.00 bits per heavy atom. The zero-order chi connectivity index (χ0) is 15.4. The van der Waals surface area contributed by atoms with Crippen LogP contribution < -0.4 is 10.5 Å². The highest BCUT2D eigenvalue weighted by atomic mass is 32.2. The molecule has 3 nitrogen and oxygen atoms in total. The number of hydrogen-bond acceptors (Lipinski definition) is 6. The van der Waals surface area contributed by atoms with Gasteiger partial charge >= 0.3 is 0 Å². The Kier molecular flexibility index (Phi) is 5.04. The Hall–Kier alpha value is -1.47. The minimum absolute atomic E-state index is 0.886. The summed E-state index contributed by atoms with van der Waals surface area (Å²) in [6.07, 6.45) is 2.08. The van der Waals surface area contributed by atoms with Crippen molar-refractivity contribution >= 4 is 45.9 Å². The van der Waals surface area contributed by atoms with Gasteiger partial charge in [0.05, 0.1) is 5.69 Å². The molecule has 0 fully saturated rings. The van der Waals surface area contributed by atoms with E-state index in [9.17, 15) is 0 Å². The number of nitrogens with one attached hydrogen (secondary N) is 1. The van der Waals surface area contributed by atoms with Gasteiger partial charge in [0.15, 0.2) is 5.13 Å². The first-order valence-corrected chi connectivity index (χ1v) is 9.60. The molecule has 0 saturated carbocycles. The van der Waals surface area contributed by atoms with Gasteiger partial charge in [-0.1, -0.05) is 12.1 Å². The number of thiazole rings is 1. The standard InChI is InChI=1S/C16H15N3S3/c1-20-13-6-2-11(3-7-13)15-10-21-16(19-15)18-12-4-8-14(22-17)9-5-12/h2-10H,17H2,1H3,(H,18,19). The third-order valence-electron chi connectivity index (χ3n) is 3.13. The summed E-state index contributed by atoms with van der Waals surface area (Å²) in [5, 5.41) is 11.8. The molecule has 0 unspecified atom stereocenters. The summed E-state index contributed by atoms with van der Waals surface area (Å²) in [7, 11) is 0. The van der Waals surface area contributed by atoms with Crippen LogP contribution in [0.3, 0.4) is 0 Å². The van der Waals surface area contributed by atoms with E-state index in [1.54, 1.807) is 23.1 Å². The Bertz CT molecular complexity index is 736. The van der Waals surface area contributed by atoms with E-state index in [4.69, 9.17) is 5.14 Å². The van der Waals surface area contributed by atoms with E-state index in [1.807, 2.05) is 24.3 Å². The van der Waals surface area contributed by atoms with E-state index >= 15 is 0 Å². The number of nitrogens with zero attached hydrogens (tertiary/aromatic N) is 1. The number of thioether (sulfide) groups is 1. The van der Waals surface area contributed by atoms with Gasteiger partial charge in [0.2, 0.25) is 0 Å². The normalized spacial score (nSPS) is 10.6. The summed E-state index contributed by atoms with van der Waals surface area (Å²) in [4.78, 5) is 6.94. The fourth-order valence-corrected chi connectivity index (χ4v) is 3.41. The van der Waals surface area contributed by atoms with Crippen molar-refractivity contribution in [2.24, 2.45) is 5.14 Å². The molecule has 2 aromatic carbocycles. The molecular formula is C16H15N3S3. The molecule has 0 atom stereocenters. The quantitative estimate of drug-likeness (QED) is 0.489. The van der Waals surface area contributed by atoms with Crippen molar-refractivity contribution in [3.8, 4) is 11.3 Å². The molecule has 0 aliphatic carbocycles. The highest BCUT2D eigenvalue weighted by Crippen LogP contribution is 2.28. The van der Waals surface area contributed by atoms with E-state index in [0.29, 0.717) is 0 Å². The first kappa shape index (κ1) is 15.4. The monoisotopic (exact) mass is 345 g/mol. The third-order valence-corrected chi connectivity index (χ3v) is 5.18. The molecule has 3 rings (SSSR count). The molecule has 0 bridgehead atoms. The van der Waals surface area contributed by atoms with Crippen LogP contribution in [0.1, 0.15) is 0 Å². The van der Waals surface area contributed by atoms with Gasteiger partial charge in [-0.25, -0.2) is 4.98 Å². The number of nitrogens with two attached hydrogens (primary N) is 1. The predicted octanol–water partition coefficient (Wildman–Crippen LogP) is 5.24. The van der Waals surface area contributed by atoms with Gasteiger partial charge in [-0.05, 0) is 54.6 Å². The van der Waals surface area contributed by atoms with Crippen LogP contribution in [0.5, 0.6) is 0 Å². The molecule has 112 valence electrons. The molecule has 0 spiro atoms. The number of benzene rings is 2. The van der Waals surface area contributed by atoms with E-state index in [-0.39, 0.29) is 0 Å². The van der Waals surface area contributed by atoms with Crippen molar-refractivity contribution < 1.29 is 0 Å². The lowest BCUT2D eigenvalue weighted by molar-refractivity contribution is 1.36. The average molecular weight is 346 g/mol. The summed E-state index contributed by atoms with van der Waals surface area (Å²) in [5.41, 5.74) is 3.14. The molecule has 0 radical (unpaired) electrons. The molecule has 22 heavy (non-hydrogen) atoms. The molecule has 0 saturated heterocycles. The smallest absolute Gasteiger partial charge is 0.187 e. The minimum atomic E-state index is 0.886. The summed E-state index contributed by atoms with van der Waals surface area (Å²) in [6, 6.07) is 16.4. The lowest BCUT2D eigenvalue weighted by Crippen LogP contribution is -1.89. The zero-order valence-electron chi connectivity index (χ0n) is 11.9. The maximum absolute atomic E-state index is 5.53. The number of anilines is 2. The summed E-state index contributed by atoms with van der Waals surface area (Å²) >= 11 is 4.59. The van der Waals surface area contributed by atoms with Crippen molar-refractivity contribution in [3.63, 3.8) is 0 Å². The number of aromatic nitrogens is 1. The van der Waals surface area contributed by atoms with Gasteiger partial charge in [-0.15, -0.1) is 23.1 Å². The van der Waals surface area contributed by atoms with Crippen molar-refractivity contribution in [1.82, 2.24) is 4.98 Å². The molecule has 3 aromatic rings. The zero-order valence-corrected chi connectivity index (χ0v) is 14.4. The summed E-state index contributed by atoms with van der Waals surface area (Å²) in [6.45, 7) is 0. The average Bonchev–Trinajstić information content (AvgIpc) is 3.04. The van der Waals surface area contributed by atoms with Crippen LogP contribution in [0, 0.1) is 0 Å². The molecule has 3 N–H and O–H groups in total. The molecule has 1 aromatic heterocycles. The fraction of sp³-hybridized carbons (Fsp3) is 0.0625. The molecule has 6 heteroatoms. The van der Waals surface area contributed by atoms with Crippen LogP contribution in [0.15, 0.2) is 63.7 Å². The molecule has 0 amide bonds. The van der Waals surface area contributed by atoms with Crippen LogP contribution in [0.2, 0.25) is 0 Å². The maximum Gasteiger partial charge on any atom is 0.187 e. The second kappa shape index (κ2) is 7.19. The molecule has 0 aliphatic heterocycles. The second-order valence-corrected chi connectivity index (χ2v) is 6.98. The number of hydrogen-bond donors (Lipinski definition) is 2. The van der Waals surface area contributed by atoms with Crippen LogP contribution in [0.25, 0.3) is 11.3 Å². The number of rotatable bonds is 5. The van der Waals surface area contributed by atoms with Crippen LogP contribution in [0.4, 0.5) is 10.8 Å². The molecule has 1 heterocycles. The van der Waals surface area contributed by atoms with Gasteiger partial charge < -0.3 is 5.32 Å². The van der Waals surface area contributed by atoms with Gasteiger partial charge in [-0.3, -0.25) is 5.14 Å². The van der Waals surface area contributed by atoms with Crippen molar-refractivity contribution in [2.75, 3.05) is 11.6 Å². The van der Waals surface area contributed by atoms with Gasteiger partial charge in [0.25, 0.3) is 0 Å². The Morgan fingerprint density at radius 3 is 2.32 bits per heavy atom. The Morgan fingerprint density at radius 2 is 1.68 bits per heavy atom. The molecule has 0 aliphatic rings. The van der Waals surface area contributed by atoms with Gasteiger partial charge in [0, 0.05) is 26.4 Å². The largest absolute Gasteiger partial charge is 0.332 e. The first-order chi connectivity index (χ1) is 10.8. The maximum atomic E-state index is 5.53. The lowest BCUT2D eigenvalue weighted by Gasteiger charge is -2.03. The van der Waals surface area contributed by atoms with E-state index in [0.717, 1.165) is 27.0 Å². The van der Waals surface area contributed by atoms with Gasteiger partial charge in [-0.2, -0.15) is 0 Å². The highest BCUT2D eigenvalue weighted by Gasteiger charge is 2.05. The SMILES string of the molecule is CSc1ccc(-c2csc(Nc3ccc(SN)cc3)n2)cc1. The van der Waals surface area contributed by atoms with Crippen molar-refractivity contribution in [1.29, 1.82) is 0 Å². The van der Waals surface area contributed by atoms with Crippen LogP contribution in [-0.4, -0.2) is 11.2 Å². The lowest BCUT2D eigenvalue weighted by atomic mass is 10.2. The summed E-state index contributed by atoms with van der Waals surface area (Å²) < 4.78 is 0. The Balaban J connectivity index is 1.74. The van der Waals surface area contributed by atoms with E-state index in [1.165, 1.54) is 16.8 Å². The topological polar surface area (TPSA) is 50.9 Å². The first-order valence-electron chi connectivity index (χ1n) is 6.62. The van der Waals surface area contributed by atoms with Gasteiger partial charge in [0.1, 0.15) is 0 Å². The molecular weight excluding hydrogens is 330 g/mol. The Labute approximate surface area is 142 Å². The van der Waals surface area contributed by atoms with Crippen molar-refractivity contribution in [2.45, 2.75) is 9.79 Å². The van der Waals surface area contributed by atoms with Crippen molar-refractivity contribution in [3.05, 3.63) is 53.9 Å². The minimum Gasteiger partial charge on any atom is -0.332 e.